The van der Waals surface area contributed by atoms with E-state index in [4.69, 9.17) is 5.11 Å². The monoisotopic (exact) mass is 277 g/mol. The van der Waals surface area contributed by atoms with Gasteiger partial charge in [-0.2, -0.15) is 0 Å². The predicted octanol–water partition coefficient (Wildman–Crippen LogP) is 1.75. The molecule has 0 aromatic carbocycles. The number of aromatic nitrogens is 2. The van der Waals surface area contributed by atoms with Gasteiger partial charge in [0.05, 0.1) is 11.1 Å². The normalized spacial score (nSPS) is 12.6. The highest BCUT2D eigenvalue weighted by atomic mass is 79.9. The van der Waals surface area contributed by atoms with Crippen LogP contribution in [0.1, 0.15) is 6.92 Å². The van der Waals surface area contributed by atoms with Crippen LogP contribution >= 0.6 is 27.7 Å². The van der Waals surface area contributed by atoms with Crippen LogP contribution in [0.25, 0.3) is 0 Å². The molecule has 1 aromatic heterocycles. The van der Waals surface area contributed by atoms with Gasteiger partial charge in [-0.15, -0.1) is 0 Å². The van der Waals surface area contributed by atoms with Crippen molar-refractivity contribution < 1.29 is 5.11 Å². The summed E-state index contributed by atoms with van der Waals surface area (Å²) in [5.41, 5.74) is 0. The zero-order chi connectivity index (χ0) is 10.6. The highest BCUT2D eigenvalue weighted by Crippen LogP contribution is 2.28. The molecule has 0 aliphatic carbocycles. The second-order valence-corrected chi connectivity index (χ2v) is 4.99. The molecule has 0 aliphatic rings. The Balaban J connectivity index is 2.83. The SMILES string of the molecule is CNc1ncc(Br)c(SC(C)CO)n1. The maximum absolute atomic E-state index is 8.92. The lowest BCUT2D eigenvalue weighted by atomic mass is 10.5. The van der Waals surface area contributed by atoms with E-state index < -0.39 is 0 Å². The van der Waals surface area contributed by atoms with Crippen molar-refractivity contribution in [1.29, 1.82) is 0 Å². The molecule has 0 aliphatic heterocycles. The van der Waals surface area contributed by atoms with Crippen LogP contribution in [0.4, 0.5) is 5.95 Å². The summed E-state index contributed by atoms with van der Waals surface area (Å²) in [7, 11) is 1.77. The van der Waals surface area contributed by atoms with Gasteiger partial charge in [-0.3, -0.25) is 0 Å². The Morgan fingerprint density at radius 2 is 2.43 bits per heavy atom. The quantitative estimate of drug-likeness (QED) is 0.649. The fourth-order valence-corrected chi connectivity index (χ4v) is 2.01. The molecular weight excluding hydrogens is 266 g/mol. The van der Waals surface area contributed by atoms with Gasteiger partial charge in [0.25, 0.3) is 0 Å². The number of thioether (sulfide) groups is 1. The number of nitrogens with zero attached hydrogens (tertiary/aromatic N) is 2. The summed E-state index contributed by atoms with van der Waals surface area (Å²) in [5.74, 6) is 0.584. The third kappa shape index (κ3) is 3.11. The van der Waals surface area contributed by atoms with Gasteiger partial charge in [0.1, 0.15) is 5.03 Å². The summed E-state index contributed by atoms with van der Waals surface area (Å²) >= 11 is 4.87. The van der Waals surface area contributed by atoms with Gasteiger partial charge < -0.3 is 10.4 Å². The largest absolute Gasteiger partial charge is 0.395 e. The first-order chi connectivity index (χ1) is 6.67. The van der Waals surface area contributed by atoms with Gasteiger partial charge in [0.15, 0.2) is 0 Å². The summed E-state index contributed by atoms with van der Waals surface area (Å²) in [6.45, 7) is 2.08. The Hall–Kier alpha value is -0.330. The van der Waals surface area contributed by atoms with E-state index in [2.05, 4.69) is 31.2 Å². The van der Waals surface area contributed by atoms with E-state index in [0.717, 1.165) is 9.50 Å². The zero-order valence-electron chi connectivity index (χ0n) is 7.99. The van der Waals surface area contributed by atoms with Crippen molar-refractivity contribution in [3.8, 4) is 0 Å². The van der Waals surface area contributed by atoms with E-state index in [0.29, 0.717) is 5.95 Å². The smallest absolute Gasteiger partial charge is 0.223 e. The standard InChI is InChI=1S/C8H12BrN3OS/c1-5(4-13)14-7-6(9)3-11-8(10-2)12-7/h3,5,13H,4H2,1-2H3,(H,10,11,12). The molecule has 0 bridgehead atoms. The lowest BCUT2D eigenvalue weighted by Gasteiger charge is -2.09. The van der Waals surface area contributed by atoms with E-state index >= 15 is 0 Å². The van der Waals surface area contributed by atoms with Crippen LogP contribution in [0.3, 0.4) is 0 Å². The van der Waals surface area contributed by atoms with Crippen LogP contribution in [0, 0.1) is 0 Å². The summed E-state index contributed by atoms with van der Waals surface area (Å²) < 4.78 is 0.849. The maximum Gasteiger partial charge on any atom is 0.223 e. The number of halogens is 1. The van der Waals surface area contributed by atoms with E-state index in [1.165, 1.54) is 11.8 Å². The summed E-state index contributed by atoms with van der Waals surface area (Å²) in [4.78, 5) is 8.31. The fourth-order valence-electron chi connectivity index (χ4n) is 0.782. The molecule has 0 fully saturated rings. The van der Waals surface area contributed by atoms with Crippen molar-refractivity contribution in [2.24, 2.45) is 0 Å². The van der Waals surface area contributed by atoms with Crippen molar-refractivity contribution in [3.05, 3.63) is 10.7 Å². The third-order valence-corrected chi connectivity index (χ3v) is 3.43. The molecular formula is C8H12BrN3OS. The minimum atomic E-state index is 0.130. The molecule has 4 nitrogen and oxygen atoms in total. The summed E-state index contributed by atoms with van der Waals surface area (Å²) in [5, 5.41) is 12.8. The topological polar surface area (TPSA) is 58.0 Å². The molecule has 1 heterocycles. The van der Waals surface area contributed by atoms with Crippen molar-refractivity contribution in [3.63, 3.8) is 0 Å². The van der Waals surface area contributed by atoms with Crippen LogP contribution in [-0.4, -0.2) is 34.0 Å². The molecule has 2 N–H and O–H groups in total. The van der Waals surface area contributed by atoms with Crippen LogP contribution in [-0.2, 0) is 0 Å². The number of hydrogen-bond acceptors (Lipinski definition) is 5. The van der Waals surface area contributed by atoms with Crippen LogP contribution in [0.5, 0.6) is 0 Å². The molecule has 14 heavy (non-hydrogen) atoms. The lowest BCUT2D eigenvalue weighted by Crippen LogP contribution is -2.04. The van der Waals surface area contributed by atoms with Crippen molar-refractivity contribution in [2.75, 3.05) is 19.0 Å². The minimum Gasteiger partial charge on any atom is -0.395 e. The van der Waals surface area contributed by atoms with E-state index in [1.54, 1.807) is 13.2 Å². The van der Waals surface area contributed by atoms with Gasteiger partial charge in [-0.25, -0.2) is 9.97 Å². The number of aliphatic hydroxyl groups excluding tert-OH is 1. The highest BCUT2D eigenvalue weighted by molar-refractivity contribution is 9.10. The molecule has 0 saturated heterocycles. The zero-order valence-corrected chi connectivity index (χ0v) is 10.4. The van der Waals surface area contributed by atoms with Crippen LogP contribution in [0.15, 0.2) is 15.7 Å². The first kappa shape index (κ1) is 11.7. The molecule has 1 rings (SSSR count). The number of hydrogen-bond donors (Lipinski definition) is 2. The van der Waals surface area contributed by atoms with Gasteiger partial charge in [0.2, 0.25) is 5.95 Å². The van der Waals surface area contributed by atoms with Gasteiger partial charge in [-0.05, 0) is 15.9 Å². The van der Waals surface area contributed by atoms with E-state index in [-0.39, 0.29) is 11.9 Å². The minimum absolute atomic E-state index is 0.130. The maximum atomic E-state index is 8.92. The fraction of sp³-hybridized carbons (Fsp3) is 0.500. The van der Waals surface area contributed by atoms with Crippen LogP contribution in [0.2, 0.25) is 0 Å². The van der Waals surface area contributed by atoms with Crippen LogP contribution < -0.4 is 5.32 Å². The Morgan fingerprint density at radius 1 is 1.71 bits per heavy atom. The molecule has 1 atom stereocenters. The first-order valence-corrected chi connectivity index (χ1v) is 5.82. The Kier molecular flexibility index (Phi) is 4.64. The average Bonchev–Trinajstić information content (AvgIpc) is 2.21. The molecule has 6 heteroatoms. The Bertz CT molecular complexity index is 311. The van der Waals surface area contributed by atoms with Crippen molar-refractivity contribution in [1.82, 2.24) is 9.97 Å². The molecule has 0 saturated carbocycles. The molecule has 0 amide bonds. The van der Waals surface area contributed by atoms with E-state index in [1.807, 2.05) is 6.92 Å². The third-order valence-electron chi connectivity index (χ3n) is 1.51. The number of nitrogens with one attached hydrogen (secondary N) is 1. The highest BCUT2D eigenvalue weighted by Gasteiger charge is 2.09. The molecule has 1 unspecified atom stereocenters. The lowest BCUT2D eigenvalue weighted by molar-refractivity contribution is 0.300. The second-order valence-electron chi connectivity index (χ2n) is 2.71. The molecule has 1 aromatic rings. The van der Waals surface area contributed by atoms with Gasteiger partial charge in [0, 0.05) is 18.5 Å². The number of anilines is 1. The molecule has 0 spiro atoms. The average molecular weight is 278 g/mol. The predicted molar refractivity (Wildman–Crippen MR) is 61.7 cm³/mol. The van der Waals surface area contributed by atoms with Gasteiger partial charge >= 0.3 is 0 Å². The van der Waals surface area contributed by atoms with Gasteiger partial charge in [-0.1, -0.05) is 18.7 Å². The van der Waals surface area contributed by atoms with Crippen molar-refractivity contribution in [2.45, 2.75) is 17.2 Å². The Morgan fingerprint density at radius 3 is 3.00 bits per heavy atom. The molecule has 78 valence electrons. The number of aliphatic hydroxyl groups is 1. The Labute approximate surface area is 95.7 Å². The van der Waals surface area contributed by atoms with Crippen molar-refractivity contribution >= 4 is 33.6 Å². The van der Waals surface area contributed by atoms with E-state index in [9.17, 15) is 0 Å². The summed E-state index contributed by atoms with van der Waals surface area (Å²) in [6.07, 6.45) is 1.70. The summed E-state index contributed by atoms with van der Waals surface area (Å²) in [6, 6.07) is 0. The second kappa shape index (κ2) is 5.53. The number of rotatable bonds is 4. The first-order valence-electron chi connectivity index (χ1n) is 4.15. The molecule has 0 radical (unpaired) electrons.